The van der Waals surface area contributed by atoms with Gasteiger partial charge in [0.2, 0.25) is 0 Å². The minimum atomic E-state index is -0.544. The highest BCUT2D eigenvalue weighted by Gasteiger charge is 2.17. The molecule has 146 valence electrons. The first-order chi connectivity index (χ1) is 12.7. The molecule has 0 radical (unpaired) electrons. The summed E-state index contributed by atoms with van der Waals surface area (Å²) < 4.78 is 16.0. The zero-order chi connectivity index (χ0) is 20.0. The smallest absolute Gasteiger partial charge is 0.408 e. The van der Waals surface area contributed by atoms with Crippen LogP contribution in [0.1, 0.15) is 32.7 Å². The van der Waals surface area contributed by atoms with Crippen LogP contribution >= 0.6 is 11.3 Å². The fourth-order valence-corrected chi connectivity index (χ4v) is 2.87. The van der Waals surface area contributed by atoms with Gasteiger partial charge in [0.15, 0.2) is 5.78 Å². The molecule has 0 aliphatic carbocycles. The van der Waals surface area contributed by atoms with Crippen LogP contribution in [0.3, 0.4) is 0 Å². The van der Waals surface area contributed by atoms with Gasteiger partial charge in [0.05, 0.1) is 19.3 Å². The highest BCUT2D eigenvalue weighted by molar-refractivity contribution is 7.09. The molecule has 1 N–H and O–H groups in total. The lowest BCUT2D eigenvalue weighted by Crippen LogP contribution is -2.32. The molecule has 1 amide bonds. The van der Waals surface area contributed by atoms with E-state index in [1.54, 1.807) is 19.2 Å². The van der Waals surface area contributed by atoms with Gasteiger partial charge in [-0.1, -0.05) is 0 Å². The Hall–Kier alpha value is -2.61. The van der Waals surface area contributed by atoms with Gasteiger partial charge < -0.3 is 19.5 Å². The van der Waals surface area contributed by atoms with Crippen LogP contribution < -0.4 is 14.8 Å². The Kier molecular flexibility index (Phi) is 6.79. The van der Waals surface area contributed by atoms with Gasteiger partial charge in [0.1, 0.15) is 28.7 Å². The normalized spacial score (nSPS) is 11.0. The molecule has 0 spiro atoms. The maximum atomic E-state index is 11.7. The number of amides is 1. The predicted molar refractivity (Wildman–Crippen MR) is 103 cm³/mol. The second-order valence-corrected chi connectivity index (χ2v) is 7.78. The maximum Gasteiger partial charge on any atom is 0.408 e. The number of nitrogens with zero attached hydrogens (tertiary/aromatic N) is 1. The summed E-state index contributed by atoms with van der Waals surface area (Å²) >= 11 is 1.43. The average Bonchev–Trinajstić information content (AvgIpc) is 3.05. The van der Waals surface area contributed by atoms with Crippen molar-refractivity contribution in [3.8, 4) is 22.8 Å². The summed E-state index contributed by atoms with van der Waals surface area (Å²) in [5, 5.41) is 5.32. The largest absolute Gasteiger partial charge is 0.496 e. The number of nitrogens with one attached hydrogen (secondary N) is 1. The van der Waals surface area contributed by atoms with Crippen LogP contribution in [0, 0.1) is 0 Å². The van der Waals surface area contributed by atoms with Crippen LogP contribution in [0.4, 0.5) is 4.79 Å². The summed E-state index contributed by atoms with van der Waals surface area (Å²) in [7, 11) is 1.56. The van der Waals surface area contributed by atoms with E-state index in [1.165, 1.54) is 18.3 Å². The van der Waals surface area contributed by atoms with E-state index in [9.17, 15) is 9.59 Å². The number of alkyl carbamates (subject to hydrolysis) is 1. The number of hydrogen-bond donors (Lipinski definition) is 1. The van der Waals surface area contributed by atoms with Crippen LogP contribution in [0.2, 0.25) is 0 Å². The molecule has 0 saturated carbocycles. The average molecular weight is 392 g/mol. The van der Waals surface area contributed by atoms with E-state index < -0.39 is 11.7 Å². The van der Waals surface area contributed by atoms with E-state index >= 15 is 0 Å². The molecule has 2 rings (SSSR count). The van der Waals surface area contributed by atoms with E-state index in [4.69, 9.17) is 14.2 Å². The van der Waals surface area contributed by atoms with Crippen LogP contribution in [0.25, 0.3) is 11.3 Å². The molecule has 1 aromatic carbocycles. The van der Waals surface area contributed by atoms with Gasteiger partial charge in [-0.15, -0.1) is 11.3 Å². The second-order valence-electron chi connectivity index (χ2n) is 6.83. The number of thiazole rings is 1. The van der Waals surface area contributed by atoms with Gasteiger partial charge in [-0.05, 0) is 39.8 Å². The number of Topliss-reactive ketones (excluding diaryl/α,β-unsaturated/α-hetero) is 1. The minimum Gasteiger partial charge on any atom is -0.496 e. The number of methoxy groups -OCH3 is 1. The molecule has 7 nitrogen and oxygen atoms in total. The maximum absolute atomic E-state index is 11.7. The van der Waals surface area contributed by atoms with Crippen molar-refractivity contribution in [2.45, 2.75) is 39.8 Å². The number of rotatable bonds is 7. The van der Waals surface area contributed by atoms with Crippen molar-refractivity contribution in [1.29, 1.82) is 0 Å². The first-order valence-electron chi connectivity index (χ1n) is 8.40. The van der Waals surface area contributed by atoms with Crippen LogP contribution in [0.5, 0.6) is 11.5 Å². The fourth-order valence-electron chi connectivity index (χ4n) is 2.14. The van der Waals surface area contributed by atoms with Crippen LogP contribution in [-0.4, -0.2) is 36.2 Å². The Balaban J connectivity index is 2.06. The van der Waals surface area contributed by atoms with Gasteiger partial charge in [0.25, 0.3) is 0 Å². The Morgan fingerprint density at radius 3 is 2.63 bits per heavy atom. The molecule has 0 atom stereocenters. The molecular formula is C19H24N2O5S. The molecule has 2 aromatic rings. The number of hydrogen-bond acceptors (Lipinski definition) is 7. The molecule has 0 fully saturated rings. The van der Waals surface area contributed by atoms with Crippen molar-refractivity contribution in [1.82, 2.24) is 10.3 Å². The molecule has 0 aliphatic heterocycles. The third-order valence-electron chi connectivity index (χ3n) is 3.23. The van der Waals surface area contributed by atoms with E-state index in [0.29, 0.717) is 11.5 Å². The standard InChI is InChI=1S/C19H24N2O5S/c1-12(22)10-25-13-6-7-14(16(8-13)24-5)15-11-27-17(21-15)9-20-18(23)26-19(2,3)4/h6-8,11H,9-10H2,1-5H3,(H,20,23). The topological polar surface area (TPSA) is 86.8 Å². The molecule has 1 aromatic heterocycles. The summed E-state index contributed by atoms with van der Waals surface area (Å²) in [5.41, 5.74) is 0.987. The van der Waals surface area contributed by atoms with Crippen molar-refractivity contribution < 1.29 is 23.8 Å². The number of carbonyl (C=O) groups is 2. The van der Waals surface area contributed by atoms with Gasteiger partial charge >= 0.3 is 6.09 Å². The Morgan fingerprint density at radius 1 is 1.26 bits per heavy atom. The second kappa shape index (κ2) is 8.85. The lowest BCUT2D eigenvalue weighted by Gasteiger charge is -2.19. The van der Waals surface area contributed by atoms with Gasteiger partial charge in [-0.25, -0.2) is 9.78 Å². The molecule has 0 bridgehead atoms. The van der Waals surface area contributed by atoms with Crippen molar-refractivity contribution >= 4 is 23.2 Å². The molecule has 8 heteroatoms. The first kappa shape index (κ1) is 20.7. The monoisotopic (exact) mass is 392 g/mol. The van der Waals surface area contributed by atoms with Crippen LogP contribution in [-0.2, 0) is 16.1 Å². The van der Waals surface area contributed by atoms with E-state index in [1.807, 2.05) is 32.2 Å². The third-order valence-corrected chi connectivity index (χ3v) is 4.07. The van der Waals surface area contributed by atoms with E-state index in [2.05, 4.69) is 10.3 Å². The van der Waals surface area contributed by atoms with Gasteiger partial charge in [-0.2, -0.15) is 0 Å². The Bertz CT molecular complexity index is 811. The number of ketones is 1. The number of ether oxygens (including phenoxy) is 3. The highest BCUT2D eigenvalue weighted by Crippen LogP contribution is 2.34. The minimum absolute atomic E-state index is 0.0136. The summed E-state index contributed by atoms with van der Waals surface area (Å²) in [5.74, 6) is 1.08. The van der Waals surface area contributed by atoms with Crippen molar-refractivity contribution in [3.63, 3.8) is 0 Å². The van der Waals surface area contributed by atoms with Crippen molar-refractivity contribution in [2.75, 3.05) is 13.7 Å². The summed E-state index contributed by atoms with van der Waals surface area (Å²) in [6.07, 6.45) is -0.483. The summed E-state index contributed by atoms with van der Waals surface area (Å²) in [6.45, 7) is 7.19. The van der Waals surface area contributed by atoms with Gasteiger partial charge in [0, 0.05) is 17.0 Å². The van der Waals surface area contributed by atoms with Crippen molar-refractivity contribution in [3.05, 3.63) is 28.6 Å². The first-order valence-corrected chi connectivity index (χ1v) is 9.28. The molecule has 0 unspecified atom stereocenters. The van der Waals surface area contributed by atoms with E-state index in [0.717, 1.165) is 16.3 Å². The zero-order valence-corrected chi connectivity index (χ0v) is 16.9. The third kappa shape index (κ3) is 6.56. The quantitative estimate of drug-likeness (QED) is 0.771. The number of carbonyl (C=O) groups excluding carboxylic acids is 2. The molecule has 1 heterocycles. The zero-order valence-electron chi connectivity index (χ0n) is 16.1. The highest BCUT2D eigenvalue weighted by atomic mass is 32.1. The van der Waals surface area contributed by atoms with Crippen molar-refractivity contribution in [2.24, 2.45) is 0 Å². The molecular weight excluding hydrogens is 368 g/mol. The molecule has 0 aliphatic rings. The SMILES string of the molecule is COc1cc(OCC(C)=O)ccc1-c1csc(CNC(=O)OC(C)(C)C)n1. The van der Waals surface area contributed by atoms with Gasteiger partial charge in [-0.3, -0.25) is 4.79 Å². The fraction of sp³-hybridized carbons (Fsp3) is 0.421. The molecule has 27 heavy (non-hydrogen) atoms. The Morgan fingerprint density at radius 2 is 2.00 bits per heavy atom. The number of benzene rings is 1. The summed E-state index contributed by atoms with van der Waals surface area (Å²) in [6, 6.07) is 5.31. The lowest BCUT2D eigenvalue weighted by atomic mass is 10.1. The lowest BCUT2D eigenvalue weighted by molar-refractivity contribution is -0.118. The van der Waals surface area contributed by atoms with E-state index in [-0.39, 0.29) is 18.9 Å². The Labute approximate surface area is 162 Å². The summed E-state index contributed by atoms with van der Waals surface area (Å²) in [4.78, 5) is 27.3. The number of aromatic nitrogens is 1. The van der Waals surface area contributed by atoms with Crippen LogP contribution in [0.15, 0.2) is 23.6 Å². The predicted octanol–water partition coefficient (Wildman–Crippen LogP) is 3.81. The molecule has 0 saturated heterocycles.